The van der Waals surface area contributed by atoms with Gasteiger partial charge < -0.3 is 0 Å². The van der Waals surface area contributed by atoms with Crippen LogP contribution in [0, 0.1) is 5.92 Å². The van der Waals surface area contributed by atoms with Gasteiger partial charge >= 0.3 is 0 Å². The van der Waals surface area contributed by atoms with Gasteiger partial charge in [-0.25, -0.2) is 4.57 Å². The predicted octanol–water partition coefficient (Wildman–Crippen LogP) is 1.31. The van der Waals surface area contributed by atoms with E-state index in [2.05, 4.69) is 4.98 Å². The highest BCUT2D eigenvalue weighted by molar-refractivity contribution is 6.03. The number of aromatic nitrogens is 2. The Balaban J connectivity index is 1.54. The number of nitrogens with zero attached hydrogens (tertiary/aromatic N) is 2. The predicted molar refractivity (Wildman–Crippen MR) is 80.6 cm³/mol. The molecule has 22 heavy (non-hydrogen) atoms. The van der Waals surface area contributed by atoms with E-state index in [0.717, 1.165) is 18.5 Å². The average molecular weight is 298 g/mol. The molecule has 2 aromatic rings. The first-order chi connectivity index (χ1) is 10.7. The fourth-order valence-electron chi connectivity index (χ4n) is 2.92. The Morgan fingerprint density at radius 3 is 2.77 bits per heavy atom. The third-order valence-electron chi connectivity index (χ3n) is 4.06. The molecule has 5 heteroatoms. The minimum atomic E-state index is -0.199. The summed E-state index contributed by atoms with van der Waals surface area (Å²) in [5.41, 5.74) is 1.11. The van der Waals surface area contributed by atoms with E-state index < -0.39 is 0 Å². The van der Waals surface area contributed by atoms with Crippen LogP contribution in [0.1, 0.15) is 18.4 Å². The molecule has 0 aliphatic carbocycles. The second kappa shape index (κ2) is 6.56. The zero-order valence-electron chi connectivity index (χ0n) is 12.4. The van der Waals surface area contributed by atoms with Gasteiger partial charge in [-0.3, -0.25) is 19.5 Å². The second-order valence-electron chi connectivity index (χ2n) is 5.68. The molecule has 5 nitrogen and oxygen atoms in total. The lowest BCUT2D eigenvalue weighted by Crippen LogP contribution is -2.36. The molecule has 1 aliphatic heterocycles. The maximum atomic E-state index is 12.4. The van der Waals surface area contributed by atoms with Crippen LogP contribution < -0.4 is 4.57 Å². The Labute approximate surface area is 129 Å². The van der Waals surface area contributed by atoms with Crippen LogP contribution in [0.3, 0.4) is 0 Å². The van der Waals surface area contributed by atoms with Crippen LogP contribution in [-0.4, -0.2) is 28.2 Å². The smallest absolute Gasteiger partial charge is 0.241 e. The van der Waals surface area contributed by atoms with Crippen LogP contribution in [-0.2, 0) is 22.6 Å². The van der Waals surface area contributed by atoms with Gasteiger partial charge in [0.1, 0.15) is 12.4 Å². The van der Waals surface area contributed by atoms with Gasteiger partial charge in [-0.15, -0.1) is 0 Å². The largest absolute Gasteiger partial charge is 0.282 e. The number of H-pyrrole nitrogens is 1. The highest BCUT2D eigenvalue weighted by atomic mass is 16.2. The number of benzene rings is 1. The van der Waals surface area contributed by atoms with Gasteiger partial charge in [0.25, 0.3) is 0 Å². The summed E-state index contributed by atoms with van der Waals surface area (Å²) < 4.78 is 2.01. The topological polar surface area (TPSA) is 57.1 Å². The second-order valence-corrected chi connectivity index (χ2v) is 5.68. The van der Waals surface area contributed by atoms with Crippen LogP contribution in [0.25, 0.3) is 0 Å². The number of hydrogen-bond acceptors (Lipinski definition) is 2. The first kappa shape index (κ1) is 14.5. The first-order valence-electron chi connectivity index (χ1n) is 7.64. The fourth-order valence-corrected chi connectivity index (χ4v) is 2.92. The van der Waals surface area contributed by atoms with Gasteiger partial charge in [0.05, 0.1) is 12.5 Å². The van der Waals surface area contributed by atoms with E-state index in [1.165, 1.54) is 4.90 Å². The van der Waals surface area contributed by atoms with Crippen molar-refractivity contribution in [3.05, 3.63) is 54.6 Å². The normalized spacial score (nSPS) is 18.2. The minimum Gasteiger partial charge on any atom is -0.282 e. The van der Waals surface area contributed by atoms with Gasteiger partial charge in [-0.1, -0.05) is 30.3 Å². The van der Waals surface area contributed by atoms with E-state index in [9.17, 15) is 9.59 Å². The maximum absolute atomic E-state index is 12.4. The van der Waals surface area contributed by atoms with Gasteiger partial charge in [-0.05, 0) is 12.0 Å². The molecule has 2 heterocycles. The summed E-state index contributed by atoms with van der Waals surface area (Å²) in [5.74, 6) is -0.257. The third kappa shape index (κ3) is 3.24. The molecule has 1 N–H and O–H groups in total. The number of amides is 2. The van der Waals surface area contributed by atoms with Crippen molar-refractivity contribution in [1.29, 1.82) is 0 Å². The zero-order valence-corrected chi connectivity index (χ0v) is 12.4. The summed E-state index contributed by atoms with van der Waals surface area (Å²) in [5, 5.41) is 0. The van der Waals surface area contributed by atoms with Crippen molar-refractivity contribution in [2.24, 2.45) is 5.92 Å². The highest BCUT2D eigenvalue weighted by Gasteiger charge is 2.37. The number of nitrogens with one attached hydrogen (secondary N) is 1. The molecule has 114 valence electrons. The molecule has 3 rings (SSSR count). The van der Waals surface area contributed by atoms with Gasteiger partial charge in [0.15, 0.2) is 0 Å². The van der Waals surface area contributed by atoms with Crippen molar-refractivity contribution < 1.29 is 14.2 Å². The third-order valence-corrected chi connectivity index (χ3v) is 4.06. The molecule has 0 radical (unpaired) electrons. The van der Waals surface area contributed by atoms with E-state index in [1.807, 2.05) is 53.6 Å². The standard InChI is InChI=1S/C17H19N3O2/c21-16-12-15(11-14-5-2-1-3-6-14)17(22)20(16)9-4-8-19-10-7-18-13-19/h1-3,5-7,10,13,15H,4,8-9,11-12H2/p+1. The molecule has 0 bridgehead atoms. The molecule has 1 fully saturated rings. The number of imide groups is 1. The molecule has 1 aromatic carbocycles. The quantitative estimate of drug-likeness (QED) is 0.646. The Kier molecular flexibility index (Phi) is 4.32. The number of carbonyl (C=O) groups excluding carboxylic acids is 2. The average Bonchev–Trinajstić information content (AvgIpc) is 3.12. The van der Waals surface area contributed by atoms with Crippen LogP contribution >= 0.6 is 0 Å². The zero-order chi connectivity index (χ0) is 15.4. The monoisotopic (exact) mass is 298 g/mol. The molecule has 1 unspecified atom stereocenters. The number of rotatable bonds is 6. The van der Waals surface area contributed by atoms with Crippen molar-refractivity contribution in [2.75, 3.05) is 6.54 Å². The van der Waals surface area contributed by atoms with Crippen molar-refractivity contribution in [3.63, 3.8) is 0 Å². The molecule has 1 atom stereocenters. The summed E-state index contributed by atoms with van der Waals surface area (Å²) in [6.45, 7) is 1.30. The lowest BCUT2D eigenvalue weighted by Gasteiger charge is -2.14. The Morgan fingerprint density at radius 1 is 1.23 bits per heavy atom. The van der Waals surface area contributed by atoms with Gasteiger partial charge in [0, 0.05) is 19.4 Å². The Morgan fingerprint density at radius 2 is 2.05 bits per heavy atom. The molecule has 2 amide bonds. The number of aryl methyl sites for hydroxylation is 1. The number of likely N-dealkylation sites (tertiary alicyclic amines) is 1. The van der Waals surface area contributed by atoms with Crippen LogP contribution in [0.4, 0.5) is 0 Å². The van der Waals surface area contributed by atoms with Crippen LogP contribution in [0.2, 0.25) is 0 Å². The fraction of sp³-hybridized carbons (Fsp3) is 0.353. The lowest BCUT2D eigenvalue weighted by molar-refractivity contribution is -0.695. The Bertz CT molecular complexity index is 637. The van der Waals surface area contributed by atoms with Crippen molar-refractivity contribution in [1.82, 2.24) is 9.88 Å². The summed E-state index contributed by atoms with van der Waals surface area (Å²) in [6.07, 6.45) is 7.41. The first-order valence-corrected chi connectivity index (χ1v) is 7.64. The van der Waals surface area contributed by atoms with Gasteiger partial charge in [-0.2, -0.15) is 0 Å². The summed E-state index contributed by atoms with van der Waals surface area (Å²) >= 11 is 0. The molecular formula is C17H20N3O2+. The summed E-state index contributed by atoms with van der Waals surface area (Å²) in [7, 11) is 0. The summed E-state index contributed by atoms with van der Waals surface area (Å²) in [6, 6.07) is 9.88. The number of aromatic amines is 1. The van der Waals surface area contributed by atoms with E-state index in [0.29, 0.717) is 19.4 Å². The van der Waals surface area contributed by atoms with Crippen molar-refractivity contribution in [2.45, 2.75) is 25.8 Å². The SMILES string of the molecule is O=C1CC(Cc2ccccc2)C(=O)N1CCC[n+]1cc[nH]c1. The van der Waals surface area contributed by atoms with Crippen LogP contribution in [0.5, 0.6) is 0 Å². The van der Waals surface area contributed by atoms with E-state index in [-0.39, 0.29) is 17.7 Å². The number of imidazole rings is 1. The Hall–Kier alpha value is -2.43. The highest BCUT2D eigenvalue weighted by Crippen LogP contribution is 2.23. The molecule has 1 saturated heterocycles. The number of carbonyl (C=O) groups is 2. The van der Waals surface area contributed by atoms with E-state index in [4.69, 9.17) is 0 Å². The number of hydrogen-bond donors (Lipinski definition) is 1. The molecule has 1 aromatic heterocycles. The van der Waals surface area contributed by atoms with Crippen LogP contribution in [0.15, 0.2) is 49.1 Å². The minimum absolute atomic E-state index is 0.0204. The van der Waals surface area contributed by atoms with E-state index in [1.54, 1.807) is 0 Å². The summed E-state index contributed by atoms with van der Waals surface area (Å²) in [4.78, 5) is 28.9. The molecule has 0 saturated carbocycles. The van der Waals surface area contributed by atoms with Gasteiger partial charge in [0.2, 0.25) is 18.1 Å². The van der Waals surface area contributed by atoms with E-state index >= 15 is 0 Å². The van der Waals surface area contributed by atoms with Crippen molar-refractivity contribution in [3.8, 4) is 0 Å². The molecular weight excluding hydrogens is 278 g/mol. The molecule has 0 spiro atoms. The lowest BCUT2D eigenvalue weighted by atomic mass is 9.98. The molecule has 1 aliphatic rings. The van der Waals surface area contributed by atoms with Crippen molar-refractivity contribution >= 4 is 11.8 Å². The maximum Gasteiger partial charge on any atom is 0.241 e.